The SMILES string of the molecule is CC(C)CCN(C(=O)[C@@H]1CCCCN1)C1CCCC1. The number of carbonyl (C=O) groups excluding carboxylic acids is 1. The van der Waals surface area contributed by atoms with Crippen LogP contribution in [0.15, 0.2) is 0 Å². The number of piperidine rings is 1. The van der Waals surface area contributed by atoms with E-state index in [-0.39, 0.29) is 6.04 Å². The number of hydrogen-bond donors (Lipinski definition) is 1. The molecule has 2 aliphatic rings. The highest BCUT2D eigenvalue weighted by Gasteiger charge is 2.31. The van der Waals surface area contributed by atoms with Crippen LogP contribution in [0.1, 0.15) is 65.2 Å². The van der Waals surface area contributed by atoms with Crippen molar-refractivity contribution in [1.29, 1.82) is 0 Å². The lowest BCUT2D eigenvalue weighted by molar-refractivity contribution is -0.136. The van der Waals surface area contributed by atoms with E-state index in [2.05, 4.69) is 24.1 Å². The van der Waals surface area contributed by atoms with Crippen LogP contribution in [0.25, 0.3) is 0 Å². The summed E-state index contributed by atoms with van der Waals surface area (Å²) in [5, 5.41) is 3.42. The van der Waals surface area contributed by atoms with Gasteiger partial charge in [0.2, 0.25) is 5.91 Å². The minimum atomic E-state index is 0.0986. The monoisotopic (exact) mass is 266 g/mol. The van der Waals surface area contributed by atoms with E-state index in [9.17, 15) is 4.79 Å². The summed E-state index contributed by atoms with van der Waals surface area (Å²) in [5.41, 5.74) is 0. The standard InChI is InChI=1S/C16H30N2O/c1-13(2)10-12-18(14-7-3-4-8-14)16(19)15-9-5-6-11-17-15/h13-15,17H,3-12H2,1-2H3/t15-/m0/s1. The first-order valence-electron chi connectivity index (χ1n) is 8.22. The predicted octanol–water partition coefficient (Wildman–Crippen LogP) is 2.95. The number of nitrogens with zero attached hydrogens (tertiary/aromatic N) is 1. The fourth-order valence-electron chi connectivity index (χ4n) is 3.35. The van der Waals surface area contributed by atoms with Gasteiger partial charge in [0.1, 0.15) is 0 Å². The molecule has 3 nitrogen and oxygen atoms in total. The second kappa shape index (κ2) is 7.28. The maximum absolute atomic E-state index is 12.8. The van der Waals surface area contributed by atoms with Gasteiger partial charge < -0.3 is 10.2 Å². The molecule has 1 saturated carbocycles. The molecule has 0 unspecified atom stereocenters. The quantitative estimate of drug-likeness (QED) is 0.830. The van der Waals surface area contributed by atoms with E-state index in [0.717, 1.165) is 25.9 Å². The average molecular weight is 266 g/mol. The van der Waals surface area contributed by atoms with Gasteiger partial charge in [-0.3, -0.25) is 4.79 Å². The number of amides is 1. The normalized spacial score (nSPS) is 24.9. The van der Waals surface area contributed by atoms with Crippen molar-refractivity contribution < 1.29 is 4.79 Å². The van der Waals surface area contributed by atoms with Crippen molar-refractivity contribution in [3.8, 4) is 0 Å². The smallest absolute Gasteiger partial charge is 0.239 e. The second-order valence-electron chi connectivity index (χ2n) is 6.65. The Labute approximate surface area is 118 Å². The Morgan fingerprint density at radius 2 is 1.84 bits per heavy atom. The van der Waals surface area contributed by atoms with Crippen LogP contribution in [0.4, 0.5) is 0 Å². The largest absolute Gasteiger partial charge is 0.338 e. The maximum Gasteiger partial charge on any atom is 0.239 e. The molecule has 1 saturated heterocycles. The fraction of sp³-hybridized carbons (Fsp3) is 0.938. The van der Waals surface area contributed by atoms with E-state index in [4.69, 9.17) is 0 Å². The molecule has 1 atom stereocenters. The van der Waals surface area contributed by atoms with Crippen molar-refractivity contribution in [3.05, 3.63) is 0 Å². The van der Waals surface area contributed by atoms with Gasteiger partial charge >= 0.3 is 0 Å². The third kappa shape index (κ3) is 4.20. The molecule has 0 bridgehead atoms. The first-order chi connectivity index (χ1) is 9.18. The highest BCUT2D eigenvalue weighted by molar-refractivity contribution is 5.82. The zero-order valence-corrected chi connectivity index (χ0v) is 12.7. The summed E-state index contributed by atoms with van der Waals surface area (Å²) in [4.78, 5) is 15.0. The van der Waals surface area contributed by atoms with Crippen LogP contribution in [-0.4, -0.2) is 36.0 Å². The van der Waals surface area contributed by atoms with Crippen molar-refractivity contribution in [1.82, 2.24) is 10.2 Å². The van der Waals surface area contributed by atoms with Crippen LogP contribution in [-0.2, 0) is 4.79 Å². The average Bonchev–Trinajstić information content (AvgIpc) is 2.93. The molecule has 2 rings (SSSR count). The van der Waals surface area contributed by atoms with Gasteiger partial charge in [0.25, 0.3) is 0 Å². The highest BCUT2D eigenvalue weighted by atomic mass is 16.2. The lowest BCUT2D eigenvalue weighted by Crippen LogP contribution is -2.51. The molecule has 1 aliphatic heterocycles. The summed E-state index contributed by atoms with van der Waals surface area (Å²) in [6.45, 7) is 6.46. The van der Waals surface area contributed by atoms with Crippen molar-refractivity contribution >= 4 is 5.91 Å². The molecule has 110 valence electrons. The molecule has 0 aromatic rings. The first kappa shape index (κ1) is 14.8. The summed E-state index contributed by atoms with van der Waals surface area (Å²) < 4.78 is 0. The number of nitrogens with one attached hydrogen (secondary N) is 1. The van der Waals surface area contributed by atoms with E-state index in [1.54, 1.807) is 0 Å². The minimum Gasteiger partial charge on any atom is -0.338 e. The van der Waals surface area contributed by atoms with Gasteiger partial charge in [-0.05, 0) is 44.6 Å². The van der Waals surface area contributed by atoms with Crippen molar-refractivity contribution in [2.45, 2.75) is 77.3 Å². The molecule has 1 aliphatic carbocycles. The maximum atomic E-state index is 12.8. The van der Waals surface area contributed by atoms with Gasteiger partial charge in [0, 0.05) is 12.6 Å². The van der Waals surface area contributed by atoms with E-state index in [1.807, 2.05) is 0 Å². The lowest BCUT2D eigenvalue weighted by atomic mass is 10.0. The van der Waals surface area contributed by atoms with Crippen molar-refractivity contribution in [3.63, 3.8) is 0 Å². The van der Waals surface area contributed by atoms with Crippen LogP contribution < -0.4 is 5.32 Å². The molecule has 2 fully saturated rings. The van der Waals surface area contributed by atoms with Crippen LogP contribution in [0.2, 0.25) is 0 Å². The van der Waals surface area contributed by atoms with E-state index >= 15 is 0 Å². The summed E-state index contributed by atoms with van der Waals surface area (Å²) in [6, 6.07) is 0.622. The zero-order chi connectivity index (χ0) is 13.7. The number of hydrogen-bond acceptors (Lipinski definition) is 2. The molecule has 0 spiro atoms. The Bertz CT molecular complexity index is 278. The van der Waals surface area contributed by atoms with Crippen molar-refractivity contribution in [2.24, 2.45) is 5.92 Å². The second-order valence-corrected chi connectivity index (χ2v) is 6.65. The van der Waals surface area contributed by atoms with Crippen LogP contribution in [0.5, 0.6) is 0 Å². The Morgan fingerprint density at radius 3 is 2.42 bits per heavy atom. The summed E-state index contributed by atoms with van der Waals surface area (Å²) in [7, 11) is 0. The van der Waals surface area contributed by atoms with E-state index < -0.39 is 0 Å². The zero-order valence-electron chi connectivity index (χ0n) is 12.7. The Hall–Kier alpha value is -0.570. The van der Waals surface area contributed by atoms with Gasteiger partial charge in [-0.25, -0.2) is 0 Å². The number of carbonyl (C=O) groups is 1. The van der Waals surface area contributed by atoms with Crippen LogP contribution in [0.3, 0.4) is 0 Å². The summed E-state index contributed by atoms with van der Waals surface area (Å²) >= 11 is 0. The van der Waals surface area contributed by atoms with Gasteiger partial charge in [-0.1, -0.05) is 33.1 Å². The van der Waals surface area contributed by atoms with Gasteiger partial charge in [0.05, 0.1) is 6.04 Å². The highest BCUT2D eigenvalue weighted by Crippen LogP contribution is 2.25. The summed E-state index contributed by atoms with van der Waals surface area (Å²) in [5.74, 6) is 1.06. The third-order valence-corrected chi connectivity index (χ3v) is 4.60. The Balaban J connectivity index is 1.95. The van der Waals surface area contributed by atoms with Gasteiger partial charge in [-0.15, -0.1) is 0 Å². The molecule has 1 heterocycles. The summed E-state index contributed by atoms with van der Waals surface area (Å²) in [6.07, 6.45) is 9.62. The minimum absolute atomic E-state index is 0.0986. The van der Waals surface area contributed by atoms with Crippen molar-refractivity contribution in [2.75, 3.05) is 13.1 Å². The first-order valence-corrected chi connectivity index (χ1v) is 8.22. The molecule has 0 radical (unpaired) electrons. The third-order valence-electron chi connectivity index (χ3n) is 4.60. The van der Waals surface area contributed by atoms with E-state index in [1.165, 1.54) is 38.5 Å². The number of rotatable bonds is 5. The van der Waals surface area contributed by atoms with E-state index in [0.29, 0.717) is 17.9 Å². The Morgan fingerprint density at radius 1 is 1.16 bits per heavy atom. The lowest BCUT2D eigenvalue weighted by Gasteiger charge is -2.34. The molecule has 1 amide bonds. The molecule has 19 heavy (non-hydrogen) atoms. The topological polar surface area (TPSA) is 32.3 Å². The molecule has 0 aromatic heterocycles. The predicted molar refractivity (Wildman–Crippen MR) is 79.1 cm³/mol. The molecule has 3 heteroatoms. The fourth-order valence-corrected chi connectivity index (χ4v) is 3.35. The molecule has 1 N–H and O–H groups in total. The van der Waals surface area contributed by atoms with Gasteiger partial charge in [-0.2, -0.15) is 0 Å². The van der Waals surface area contributed by atoms with Crippen LogP contribution >= 0.6 is 0 Å². The molecular weight excluding hydrogens is 236 g/mol. The Kier molecular flexibility index (Phi) is 5.68. The molecular formula is C16H30N2O. The van der Waals surface area contributed by atoms with Gasteiger partial charge in [0.15, 0.2) is 0 Å². The molecule has 0 aromatic carbocycles. The van der Waals surface area contributed by atoms with Crippen LogP contribution in [0, 0.1) is 5.92 Å².